The first kappa shape index (κ1) is 44.8. The Balaban J connectivity index is 1.09. The Morgan fingerprint density at radius 1 is 0.873 bits per heavy atom. The van der Waals surface area contributed by atoms with Gasteiger partial charge in [0.2, 0.25) is 0 Å². The summed E-state index contributed by atoms with van der Waals surface area (Å²) in [5, 5.41) is 21.7. The van der Waals surface area contributed by atoms with Gasteiger partial charge >= 0.3 is 5.97 Å². The number of ether oxygens (including phenoxy) is 3. The molecule has 4 unspecified atom stereocenters. The third-order valence-electron chi connectivity index (χ3n) is 15.6. The van der Waals surface area contributed by atoms with Gasteiger partial charge in [-0.2, -0.15) is 0 Å². The number of nitrogens with two attached hydrogens (primary N) is 1. The summed E-state index contributed by atoms with van der Waals surface area (Å²) in [6, 6.07) is -0.947. The van der Waals surface area contributed by atoms with Crippen LogP contribution in [0.25, 0.3) is 0 Å². The zero-order valence-electron chi connectivity index (χ0n) is 35.8. The summed E-state index contributed by atoms with van der Waals surface area (Å²) < 4.78 is 18.1. The van der Waals surface area contributed by atoms with Crippen LogP contribution in [0.5, 0.6) is 0 Å². The number of unbranched alkanes of at least 4 members (excludes halogenated alkanes) is 10. The van der Waals surface area contributed by atoms with Crippen molar-refractivity contribution in [2.45, 2.75) is 220 Å². The van der Waals surface area contributed by atoms with E-state index in [4.69, 9.17) is 19.9 Å². The Hall–Kier alpha value is -1.32. The van der Waals surface area contributed by atoms with Crippen LogP contribution in [0.15, 0.2) is 11.6 Å². The number of aliphatic hydroxyl groups is 2. The molecule has 3 saturated carbocycles. The van der Waals surface area contributed by atoms with Crippen molar-refractivity contribution < 1.29 is 34.0 Å². The third-order valence-corrected chi connectivity index (χ3v) is 15.6. The molecule has 4 N–H and O–H groups in total. The molecule has 8 nitrogen and oxygen atoms in total. The number of ketones is 1. The Morgan fingerprint density at radius 3 is 2.22 bits per heavy atom. The van der Waals surface area contributed by atoms with Gasteiger partial charge in [-0.25, -0.2) is 0 Å². The molecule has 5 aliphatic rings. The molecule has 1 heterocycles. The van der Waals surface area contributed by atoms with Gasteiger partial charge in [-0.05, 0) is 97.9 Å². The minimum absolute atomic E-state index is 0.0311. The highest BCUT2D eigenvalue weighted by Crippen LogP contribution is 2.67. The molecule has 0 aromatic rings. The van der Waals surface area contributed by atoms with Crippen LogP contribution in [0.1, 0.15) is 183 Å². The second-order valence-corrected chi connectivity index (χ2v) is 19.8. The summed E-state index contributed by atoms with van der Waals surface area (Å²) in [7, 11) is 0. The molecule has 1 saturated heterocycles. The van der Waals surface area contributed by atoms with Crippen molar-refractivity contribution in [3.8, 4) is 0 Å². The van der Waals surface area contributed by atoms with E-state index in [-0.39, 0.29) is 35.4 Å². The largest absolute Gasteiger partial charge is 0.463 e. The van der Waals surface area contributed by atoms with Gasteiger partial charge in [0.25, 0.3) is 0 Å². The van der Waals surface area contributed by atoms with Crippen LogP contribution in [0.3, 0.4) is 0 Å². The Labute approximate surface area is 334 Å². The van der Waals surface area contributed by atoms with Crippen molar-refractivity contribution in [2.75, 3.05) is 6.61 Å². The highest BCUT2D eigenvalue weighted by molar-refractivity contribution is 5.94. The fourth-order valence-corrected chi connectivity index (χ4v) is 12.1. The fraction of sp³-hybridized carbons (Fsp3) is 0.915. The lowest BCUT2D eigenvalue weighted by molar-refractivity contribution is -0.281. The number of carbonyl (C=O) groups is 2. The lowest BCUT2D eigenvalue weighted by Crippen LogP contribution is -2.63. The van der Waals surface area contributed by atoms with Crippen LogP contribution in [0.2, 0.25) is 0 Å². The molecule has 0 spiro atoms. The maximum atomic E-state index is 14.1. The standard InChI is InChI=1S/C47H81NO7/c1-7-8-9-10-11-12-13-14-15-16-17-21-40(50)53-30-39-43(51)44(52)42(48)45(55-39)54-34-24-26-46(5)33(28-34)29-38(49)41-36-23-22-35(32(4)20-18-19-31(2)3)47(36,6)27-25-37(41)46/h29,31-32,34-37,39,41-45,51-52H,7-28,30,48H2,1-6H3/t32-,34?,35-,36?,37?,39-,41?,42-,43-,44-,45+,46+,47-/m1/s1. The van der Waals surface area contributed by atoms with E-state index in [1.54, 1.807) is 0 Å². The second-order valence-electron chi connectivity index (χ2n) is 19.8. The summed E-state index contributed by atoms with van der Waals surface area (Å²) in [4.78, 5) is 26.7. The molecule has 1 aliphatic heterocycles. The third kappa shape index (κ3) is 10.8. The van der Waals surface area contributed by atoms with Gasteiger partial charge < -0.3 is 30.2 Å². The summed E-state index contributed by atoms with van der Waals surface area (Å²) in [5.74, 6) is 3.11. The topological polar surface area (TPSA) is 128 Å². The minimum atomic E-state index is -1.29. The van der Waals surface area contributed by atoms with E-state index in [0.717, 1.165) is 44.4 Å². The maximum Gasteiger partial charge on any atom is 0.305 e. The van der Waals surface area contributed by atoms with Crippen LogP contribution in [0.4, 0.5) is 0 Å². The molecule has 8 heteroatoms. The number of allylic oxidation sites excluding steroid dienone is 1. The van der Waals surface area contributed by atoms with E-state index < -0.39 is 30.6 Å². The van der Waals surface area contributed by atoms with Crippen LogP contribution in [-0.4, -0.2) is 65.3 Å². The zero-order chi connectivity index (χ0) is 39.8. The van der Waals surface area contributed by atoms with Crippen molar-refractivity contribution in [2.24, 2.45) is 52.1 Å². The Bertz CT molecular complexity index is 1250. The molecular weight excluding hydrogens is 691 g/mol. The van der Waals surface area contributed by atoms with Gasteiger partial charge in [0, 0.05) is 12.3 Å². The highest BCUT2D eigenvalue weighted by atomic mass is 16.7. The number of hydrogen-bond donors (Lipinski definition) is 3. The Kier molecular flexibility index (Phi) is 16.8. The van der Waals surface area contributed by atoms with E-state index in [1.165, 1.54) is 95.5 Å². The highest BCUT2D eigenvalue weighted by Gasteiger charge is 2.61. The van der Waals surface area contributed by atoms with Gasteiger partial charge in [0.15, 0.2) is 12.1 Å². The smallest absolute Gasteiger partial charge is 0.305 e. The Morgan fingerprint density at radius 2 is 1.55 bits per heavy atom. The molecule has 0 amide bonds. The molecule has 5 rings (SSSR count). The number of esters is 1. The lowest BCUT2D eigenvalue weighted by Gasteiger charge is -2.58. The number of hydrogen-bond acceptors (Lipinski definition) is 8. The molecule has 0 bridgehead atoms. The zero-order valence-corrected chi connectivity index (χ0v) is 35.8. The lowest BCUT2D eigenvalue weighted by atomic mass is 9.46. The average molecular weight is 772 g/mol. The quantitative estimate of drug-likeness (QED) is 0.0778. The van der Waals surface area contributed by atoms with Crippen molar-refractivity contribution in [1.29, 1.82) is 0 Å². The predicted octanol–water partition coefficient (Wildman–Crippen LogP) is 9.61. The van der Waals surface area contributed by atoms with E-state index in [1.807, 2.05) is 6.08 Å². The van der Waals surface area contributed by atoms with E-state index in [2.05, 4.69) is 41.5 Å². The van der Waals surface area contributed by atoms with Gasteiger partial charge in [0.1, 0.15) is 24.9 Å². The molecule has 4 fully saturated rings. The van der Waals surface area contributed by atoms with Crippen molar-refractivity contribution in [3.05, 3.63) is 11.6 Å². The predicted molar refractivity (Wildman–Crippen MR) is 219 cm³/mol. The molecular formula is C47H81NO7. The van der Waals surface area contributed by atoms with E-state index in [0.29, 0.717) is 42.3 Å². The van der Waals surface area contributed by atoms with Gasteiger partial charge in [-0.15, -0.1) is 0 Å². The van der Waals surface area contributed by atoms with Gasteiger partial charge in [-0.1, -0.05) is 131 Å². The van der Waals surface area contributed by atoms with Gasteiger partial charge in [0.05, 0.1) is 12.1 Å². The number of aliphatic hydroxyl groups excluding tert-OH is 2. The summed E-state index contributed by atoms with van der Waals surface area (Å²) in [6.45, 7) is 14.1. The summed E-state index contributed by atoms with van der Waals surface area (Å²) in [5.41, 5.74) is 7.77. The minimum Gasteiger partial charge on any atom is -0.463 e. The first-order valence-corrected chi connectivity index (χ1v) is 23.1. The molecule has 0 aromatic carbocycles. The second kappa shape index (κ2) is 20.6. The summed E-state index contributed by atoms with van der Waals surface area (Å²) in [6.07, 6.45) is 22.0. The number of carbonyl (C=O) groups excluding carboxylic acids is 2. The first-order valence-electron chi connectivity index (χ1n) is 23.1. The monoisotopic (exact) mass is 772 g/mol. The van der Waals surface area contributed by atoms with Crippen molar-refractivity contribution in [3.63, 3.8) is 0 Å². The van der Waals surface area contributed by atoms with Crippen LogP contribution in [-0.2, 0) is 23.8 Å². The SMILES string of the molecule is CCCCCCCCCCCCCC(=O)OC[C@H]1O[C@H](OC2CC[C@@]3(C)C(=CC(=O)C4C3CC[C@@]3(C)C4CC[C@@H]3[C@H](C)CCCC(C)C)C2)[C@H](N)[C@@H](O)[C@@H]1O. The fourth-order valence-electron chi connectivity index (χ4n) is 12.1. The van der Waals surface area contributed by atoms with Crippen LogP contribution < -0.4 is 5.73 Å². The number of fused-ring (bicyclic) bond motifs is 5. The average Bonchev–Trinajstić information content (AvgIpc) is 3.51. The van der Waals surface area contributed by atoms with Crippen LogP contribution in [0, 0.1) is 46.3 Å². The number of rotatable bonds is 21. The molecule has 316 valence electrons. The van der Waals surface area contributed by atoms with Crippen LogP contribution >= 0.6 is 0 Å². The summed E-state index contributed by atoms with van der Waals surface area (Å²) >= 11 is 0. The first-order chi connectivity index (χ1) is 26.3. The molecule has 0 aromatic heterocycles. The van der Waals surface area contributed by atoms with E-state index >= 15 is 0 Å². The van der Waals surface area contributed by atoms with Crippen molar-refractivity contribution in [1.82, 2.24) is 0 Å². The molecule has 55 heavy (non-hydrogen) atoms. The van der Waals surface area contributed by atoms with Crippen molar-refractivity contribution >= 4 is 11.8 Å². The normalized spacial score (nSPS) is 37.9. The van der Waals surface area contributed by atoms with E-state index in [9.17, 15) is 19.8 Å². The molecule has 13 atom stereocenters. The maximum absolute atomic E-state index is 14.1. The molecule has 0 radical (unpaired) electrons. The molecule has 4 aliphatic carbocycles. The van der Waals surface area contributed by atoms with Gasteiger partial charge in [-0.3, -0.25) is 9.59 Å².